The highest BCUT2D eigenvalue weighted by Gasteiger charge is 2.55. The first-order valence-electron chi connectivity index (χ1n) is 11.4. The Morgan fingerprint density at radius 1 is 1.09 bits per heavy atom. The van der Waals surface area contributed by atoms with Gasteiger partial charge in [-0.1, -0.05) is 19.9 Å². The number of fused-ring (bicyclic) bond motifs is 1. The number of rotatable bonds is 5. The Morgan fingerprint density at radius 3 is 2.51 bits per heavy atom. The second-order valence-electron chi connectivity index (χ2n) is 9.96. The van der Waals surface area contributed by atoms with Gasteiger partial charge in [0.05, 0.1) is 12.5 Å². The molecule has 2 aromatic carbocycles. The first-order chi connectivity index (χ1) is 16.5. The van der Waals surface area contributed by atoms with E-state index in [1.807, 2.05) is 19.9 Å². The summed E-state index contributed by atoms with van der Waals surface area (Å²) in [7, 11) is 1.77. The van der Waals surface area contributed by atoms with Crippen molar-refractivity contribution in [2.75, 3.05) is 25.2 Å². The van der Waals surface area contributed by atoms with Crippen LogP contribution in [0, 0.1) is 11.6 Å². The summed E-state index contributed by atoms with van der Waals surface area (Å²) >= 11 is -1.20. The molecule has 6 nitrogen and oxygen atoms in total. The van der Waals surface area contributed by atoms with Crippen LogP contribution in [0.4, 0.5) is 20.4 Å². The predicted molar refractivity (Wildman–Crippen MR) is 132 cm³/mol. The van der Waals surface area contributed by atoms with E-state index >= 15 is 0 Å². The van der Waals surface area contributed by atoms with E-state index in [1.54, 1.807) is 42.5 Å². The van der Waals surface area contributed by atoms with Crippen LogP contribution in [0.1, 0.15) is 48.2 Å². The number of hydrogen-bond donors (Lipinski definition) is 1. The number of nitrogens with zero attached hydrogens (tertiary/aromatic N) is 3. The van der Waals surface area contributed by atoms with E-state index in [9.17, 15) is 18.1 Å². The van der Waals surface area contributed by atoms with E-state index in [4.69, 9.17) is 0 Å². The van der Waals surface area contributed by atoms with Crippen molar-refractivity contribution in [3.05, 3.63) is 70.9 Å². The van der Waals surface area contributed by atoms with Crippen LogP contribution in [0.5, 0.6) is 0 Å². The summed E-state index contributed by atoms with van der Waals surface area (Å²) in [5, 5.41) is 3.02. The third kappa shape index (κ3) is 4.06. The molecule has 1 fully saturated rings. The second kappa shape index (κ2) is 8.27. The lowest BCUT2D eigenvalue weighted by atomic mass is 9.77. The number of amides is 1. The summed E-state index contributed by atoms with van der Waals surface area (Å²) in [6.07, 6.45) is 4.01. The van der Waals surface area contributed by atoms with E-state index < -0.39 is 27.6 Å². The minimum absolute atomic E-state index is 0.0649. The van der Waals surface area contributed by atoms with Gasteiger partial charge in [0.25, 0.3) is 5.91 Å². The monoisotopic (exact) mass is 496 g/mol. The van der Waals surface area contributed by atoms with Gasteiger partial charge in [-0.25, -0.2) is 18.7 Å². The molecule has 1 atom stereocenters. The summed E-state index contributed by atoms with van der Waals surface area (Å²) in [4.78, 5) is 22.7. The third-order valence-corrected chi connectivity index (χ3v) is 8.67. The van der Waals surface area contributed by atoms with Gasteiger partial charge >= 0.3 is 0 Å². The quantitative estimate of drug-likeness (QED) is 0.509. The lowest BCUT2D eigenvalue weighted by Gasteiger charge is -2.37. The van der Waals surface area contributed by atoms with Crippen molar-refractivity contribution in [3.8, 4) is 11.3 Å². The molecule has 1 unspecified atom stereocenters. The maximum absolute atomic E-state index is 14.8. The zero-order valence-electron chi connectivity index (χ0n) is 20.0. The fourth-order valence-corrected chi connectivity index (χ4v) is 6.07. The standard InChI is InChI=1S/C26H26F2N4O2S/c1-25(2)14-32(3)23(33)17-7-5-15(11-18(17)25)22-21(28)13-29-24(31-22)30-16-6-8-20(27)19(12-16)26(9-10-26)35(4)34/h5-8,11-13H,9-10,14H2,1-4H3,(H,29,30,31). The summed E-state index contributed by atoms with van der Waals surface area (Å²) in [6, 6.07) is 9.71. The Hall–Kier alpha value is -3.04. The highest BCUT2D eigenvalue weighted by molar-refractivity contribution is 7.91. The average Bonchev–Trinajstić information content (AvgIpc) is 3.62. The van der Waals surface area contributed by atoms with Crippen molar-refractivity contribution < 1.29 is 18.1 Å². The Bertz CT molecular complexity index is 1340. The number of hydrogen-bond acceptors (Lipinski definition) is 5. The van der Waals surface area contributed by atoms with E-state index in [2.05, 4.69) is 15.3 Å². The van der Waals surface area contributed by atoms with Gasteiger partial charge in [0.1, 0.15) is 11.5 Å². The molecule has 1 N–H and O–H groups in total. The molecule has 1 aliphatic carbocycles. The molecule has 9 heteroatoms. The molecule has 35 heavy (non-hydrogen) atoms. The number of carbonyl (C=O) groups excluding carboxylic acids is 1. The molecule has 1 aliphatic heterocycles. The smallest absolute Gasteiger partial charge is 0.253 e. The van der Waals surface area contributed by atoms with E-state index in [0.717, 1.165) is 11.8 Å². The fraction of sp³-hybridized carbons (Fsp3) is 0.346. The number of carbonyl (C=O) groups is 1. The van der Waals surface area contributed by atoms with Crippen LogP contribution >= 0.6 is 0 Å². The van der Waals surface area contributed by atoms with Crippen LogP contribution in [0.2, 0.25) is 0 Å². The van der Waals surface area contributed by atoms with E-state index in [0.29, 0.717) is 41.8 Å². The predicted octanol–water partition coefficient (Wildman–Crippen LogP) is 4.90. The highest BCUT2D eigenvalue weighted by Crippen LogP contribution is 2.53. The topological polar surface area (TPSA) is 81.2 Å². The number of benzene rings is 2. The molecule has 1 saturated carbocycles. The Labute approximate surface area is 206 Å². The molecule has 2 heterocycles. The SMILES string of the molecule is CN1CC(C)(C)c2cc(-c3nc(Nc4ccc(F)c(C5([S+](C)[O-])CC5)c4)ncc3F)ccc2C1=O. The van der Waals surface area contributed by atoms with Gasteiger partial charge in [-0.05, 0) is 47.1 Å². The number of nitrogens with one attached hydrogen (secondary N) is 1. The van der Waals surface area contributed by atoms with Crippen LogP contribution in [0.25, 0.3) is 11.3 Å². The first kappa shape index (κ1) is 23.7. The zero-order chi connectivity index (χ0) is 25.1. The summed E-state index contributed by atoms with van der Waals surface area (Å²) in [6.45, 7) is 4.65. The van der Waals surface area contributed by atoms with Crippen molar-refractivity contribution in [3.63, 3.8) is 0 Å². The van der Waals surface area contributed by atoms with Gasteiger partial charge in [-0.3, -0.25) is 4.79 Å². The Balaban J connectivity index is 1.49. The molecule has 0 radical (unpaired) electrons. The molecule has 1 aromatic heterocycles. The number of aromatic nitrogens is 2. The molecular weight excluding hydrogens is 470 g/mol. The van der Waals surface area contributed by atoms with Crippen LogP contribution in [0.3, 0.4) is 0 Å². The maximum Gasteiger partial charge on any atom is 0.253 e. The van der Waals surface area contributed by atoms with Crippen molar-refractivity contribution in [2.24, 2.45) is 0 Å². The van der Waals surface area contributed by atoms with Gasteiger partial charge in [0, 0.05) is 54.2 Å². The van der Waals surface area contributed by atoms with Gasteiger partial charge in [-0.2, -0.15) is 0 Å². The molecule has 1 amide bonds. The lowest BCUT2D eigenvalue weighted by molar-refractivity contribution is 0.0737. The normalized spacial score (nSPS) is 18.7. The number of halogens is 2. The molecule has 3 aromatic rings. The van der Waals surface area contributed by atoms with Crippen molar-refractivity contribution in [1.82, 2.24) is 14.9 Å². The zero-order valence-corrected chi connectivity index (χ0v) is 20.8. The molecule has 182 valence electrons. The molecule has 0 spiro atoms. The minimum atomic E-state index is -1.20. The van der Waals surface area contributed by atoms with Crippen LogP contribution in [-0.2, 0) is 21.3 Å². The molecular formula is C26H26F2N4O2S. The molecule has 0 bridgehead atoms. The lowest BCUT2D eigenvalue weighted by Crippen LogP contribution is -2.44. The molecule has 5 rings (SSSR count). The Morgan fingerprint density at radius 2 is 1.83 bits per heavy atom. The minimum Gasteiger partial charge on any atom is -0.616 e. The van der Waals surface area contributed by atoms with Crippen molar-refractivity contribution in [1.29, 1.82) is 0 Å². The summed E-state index contributed by atoms with van der Waals surface area (Å²) < 4.78 is 40.9. The first-order valence-corrected chi connectivity index (χ1v) is 12.9. The van der Waals surface area contributed by atoms with Crippen LogP contribution in [-0.4, -0.2) is 45.2 Å². The molecule has 2 aliphatic rings. The van der Waals surface area contributed by atoms with E-state index in [1.165, 1.54) is 6.07 Å². The van der Waals surface area contributed by atoms with Gasteiger partial charge in [0.15, 0.2) is 10.6 Å². The largest absolute Gasteiger partial charge is 0.616 e. The number of anilines is 2. The Kier molecular flexibility index (Phi) is 5.60. The summed E-state index contributed by atoms with van der Waals surface area (Å²) in [5.41, 5.74) is 2.70. The number of likely N-dealkylation sites (N-methyl/N-ethyl adjacent to an activating group) is 1. The van der Waals surface area contributed by atoms with Gasteiger partial charge in [0.2, 0.25) is 5.95 Å². The average molecular weight is 497 g/mol. The molecule has 0 saturated heterocycles. The van der Waals surface area contributed by atoms with Gasteiger partial charge < -0.3 is 14.8 Å². The van der Waals surface area contributed by atoms with Crippen molar-refractivity contribution in [2.45, 2.75) is 36.9 Å². The van der Waals surface area contributed by atoms with E-state index in [-0.39, 0.29) is 23.0 Å². The van der Waals surface area contributed by atoms with Crippen LogP contribution in [0.15, 0.2) is 42.6 Å². The second-order valence-corrected chi connectivity index (χ2v) is 11.7. The van der Waals surface area contributed by atoms with Gasteiger partial charge in [-0.15, -0.1) is 0 Å². The van der Waals surface area contributed by atoms with Crippen molar-refractivity contribution >= 4 is 28.7 Å². The fourth-order valence-electron chi connectivity index (χ4n) is 4.93. The van der Waals surface area contributed by atoms with Crippen LogP contribution < -0.4 is 5.32 Å². The highest BCUT2D eigenvalue weighted by atomic mass is 32.2. The third-order valence-electron chi connectivity index (χ3n) is 6.94. The summed E-state index contributed by atoms with van der Waals surface area (Å²) in [5.74, 6) is -0.911. The maximum atomic E-state index is 14.8.